The molecule has 8 heteroatoms. The Kier molecular flexibility index (Phi) is 6.27. The van der Waals surface area contributed by atoms with Gasteiger partial charge in [0.05, 0.1) is 12.3 Å². The first-order chi connectivity index (χ1) is 11.0. The van der Waals surface area contributed by atoms with E-state index in [1.807, 2.05) is 0 Å². The van der Waals surface area contributed by atoms with E-state index in [4.69, 9.17) is 20.9 Å². The predicted octanol–water partition coefficient (Wildman–Crippen LogP) is 2.31. The number of likely N-dealkylation sites (tertiary alicyclic amines) is 1. The summed E-state index contributed by atoms with van der Waals surface area (Å²) in [5, 5.41) is 6.81. The molecule has 1 fully saturated rings. The topological polar surface area (TPSA) is 84.7 Å². The highest BCUT2D eigenvalue weighted by molar-refractivity contribution is 6.29. The Bertz CT molecular complexity index is 541. The monoisotopic (exact) mass is 343 g/mol. The fourth-order valence-corrected chi connectivity index (χ4v) is 2.96. The van der Waals surface area contributed by atoms with Gasteiger partial charge < -0.3 is 19.5 Å². The number of carbonyl (C=O) groups is 2. The van der Waals surface area contributed by atoms with E-state index < -0.39 is 6.09 Å². The Hall–Kier alpha value is -1.76. The van der Waals surface area contributed by atoms with Crippen molar-refractivity contribution >= 4 is 23.6 Å². The lowest BCUT2D eigenvalue weighted by Gasteiger charge is -2.33. The van der Waals surface area contributed by atoms with Crippen molar-refractivity contribution in [1.29, 1.82) is 0 Å². The smallest absolute Gasteiger partial charge is 0.407 e. The van der Waals surface area contributed by atoms with Crippen LogP contribution in [0.4, 0.5) is 4.79 Å². The Morgan fingerprint density at radius 2 is 2.30 bits per heavy atom. The maximum Gasteiger partial charge on any atom is 0.407 e. The molecule has 1 saturated heterocycles. The van der Waals surface area contributed by atoms with Crippen molar-refractivity contribution in [2.24, 2.45) is 0 Å². The van der Waals surface area contributed by atoms with Crippen LogP contribution in [0.25, 0.3) is 0 Å². The molecule has 0 aromatic carbocycles. The highest BCUT2D eigenvalue weighted by Crippen LogP contribution is 2.21. The minimum atomic E-state index is -0.432. The number of hydrogen-bond acceptors (Lipinski definition) is 5. The van der Waals surface area contributed by atoms with E-state index in [-0.39, 0.29) is 17.2 Å². The standard InChI is InChI=1S/C15H22ClN3O4/c1-3-22-15(21)17-11-5-4-8-19(9-11)13(20)7-6-12-10(2)18-23-14(12)16/h11H,3-9H2,1-2H3,(H,17,21). The van der Waals surface area contributed by atoms with Gasteiger partial charge in [-0.1, -0.05) is 5.16 Å². The molecule has 1 N–H and O–H groups in total. The van der Waals surface area contributed by atoms with Gasteiger partial charge in [0.25, 0.3) is 0 Å². The highest BCUT2D eigenvalue weighted by Gasteiger charge is 2.25. The third-order valence-electron chi connectivity index (χ3n) is 3.90. The van der Waals surface area contributed by atoms with Crippen molar-refractivity contribution < 1.29 is 18.8 Å². The van der Waals surface area contributed by atoms with Crippen molar-refractivity contribution in [2.45, 2.75) is 45.6 Å². The summed E-state index contributed by atoms with van der Waals surface area (Å²) in [7, 11) is 0. The second-order valence-corrected chi connectivity index (χ2v) is 5.91. The van der Waals surface area contributed by atoms with E-state index in [2.05, 4.69) is 10.5 Å². The van der Waals surface area contributed by atoms with Gasteiger partial charge in [-0.15, -0.1) is 0 Å². The average molecular weight is 344 g/mol. The van der Waals surface area contributed by atoms with Crippen LogP contribution in [0, 0.1) is 6.92 Å². The quantitative estimate of drug-likeness (QED) is 0.886. The van der Waals surface area contributed by atoms with E-state index in [9.17, 15) is 9.59 Å². The molecule has 1 aromatic heterocycles. The zero-order chi connectivity index (χ0) is 16.8. The molecule has 2 rings (SSSR count). The summed E-state index contributed by atoms with van der Waals surface area (Å²) in [6.07, 6.45) is 2.11. The van der Waals surface area contributed by atoms with Gasteiger partial charge in [0, 0.05) is 31.1 Å². The number of aromatic nitrogens is 1. The Labute approximate surface area is 140 Å². The summed E-state index contributed by atoms with van der Waals surface area (Å²) in [5.41, 5.74) is 1.49. The summed E-state index contributed by atoms with van der Waals surface area (Å²) in [5.74, 6) is 0.0389. The molecule has 1 aliphatic heterocycles. The van der Waals surface area contributed by atoms with Crippen LogP contribution >= 0.6 is 11.6 Å². The molecular weight excluding hydrogens is 322 g/mol. The van der Waals surface area contributed by atoms with E-state index in [0.717, 1.165) is 18.4 Å². The minimum absolute atomic E-state index is 0.0389. The molecule has 0 bridgehead atoms. The maximum absolute atomic E-state index is 12.4. The molecule has 0 spiro atoms. The zero-order valence-corrected chi connectivity index (χ0v) is 14.2. The number of amides is 2. The third kappa shape index (κ3) is 4.86. The van der Waals surface area contributed by atoms with Crippen LogP contribution in [0.3, 0.4) is 0 Å². The van der Waals surface area contributed by atoms with Gasteiger partial charge in [0.15, 0.2) is 0 Å². The first-order valence-corrected chi connectivity index (χ1v) is 8.20. The number of aryl methyl sites for hydroxylation is 1. The van der Waals surface area contributed by atoms with Crippen LogP contribution in [-0.2, 0) is 16.0 Å². The highest BCUT2D eigenvalue weighted by atomic mass is 35.5. The molecule has 2 amide bonds. The number of ether oxygens (including phenoxy) is 1. The summed E-state index contributed by atoms with van der Waals surface area (Å²) >= 11 is 5.91. The van der Waals surface area contributed by atoms with Gasteiger partial charge >= 0.3 is 6.09 Å². The molecule has 1 aromatic rings. The molecule has 23 heavy (non-hydrogen) atoms. The molecule has 128 valence electrons. The number of alkyl carbamates (subject to hydrolysis) is 1. The van der Waals surface area contributed by atoms with Crippen LogP contribution in [-0.4, -0.2) is 47.8 Å². The lowest BCUT2D eigenvalue weighted by Crippen LogP contribution is -2.49. The Balaban J connectivity index is 1.83. The predicted molar refractivity (Wildman–Crippen MR) is 84.3 cm³/mol. The third-order valence-corrected chi connectivity index (χ3v) is 4.19. The van der Waals surface area contributed by atoms with Crippen molar-refractivity contribution in [2.75, 3.05) is 19.7 Å². The van der Waals surface area contributed by atoms with Crippen molar-refractivity contribution in [3.05, 3.63) is 16.5 Å². The van der Waals surface area contributed by atoms with Crippen LogP contribution < -0.4 is 5.32 Å². The molecule has 7 nitrogen and oxygen atoms in total. The molecule has 0 saturated carbocycles. The molecule has 1 aliphatic rings. The molecular formula is C15H22ClN3O4. The van der Waals surface area contributed by atoms with Gasteiger partial charge in [0.2, 0.25) is 11.1 Å². The maximum atomic E-state index is 12.4. The van der Waals surface area contributed by atoms with Gasteiger partial charge in [-0.3, -0.25) is 4.79 Å². The average Bonchev–Trinajstić information content (AvgIpc) is 2.84. The first-order valence-electron chi connectivity index (χ1n) is 7.83. The van der Waals surface area contributed by atoms with Gasteiger partial charge in [0.1, 0.15) is 0 Å². The normalized spacial score (nSPS) is 17.9. The number of carbonyl (C=O) groups excluding carboxylic acids is 2. The number of hydrogen-bond donors (Lipinski definition) is 1. The summed E-state index contributed by atoms with van der Waals surface area (Å²) < 4.78 is 9.76. The first kappa shape index (κ1) is 17.6. The fourth-order valence-electron chi connectivity index (χ4n) is 2.69. The van der Waals surface area contributed by atoms with Crippen LogP contribution in [0.1, 0.15) is 37.4 Å². The number of rotatable bonds is 5. The molecule has 1 unspecified atom stereocenters. The second kappa shape index (κ2) is 8.19. The number of halogens is 1. The number of piperidine rings is 1. The van der Waals surface area contributed by atoms with Crippen LogP contribution in [0.2, 0.25) is 5.22 Å². The SMILES string of the molecule is CCOC(=O)NC1CCCN(C(=O)CCc2c(C)noc2Cl)C1. The largest absolute Gasteiger partial charge is 0.450 e. The van der Waals surface area contributed by atoms with Gasteiger partial charge in [-0.05, 0) is 44.7 Å². The fraction of sp³-hybridized carbons (Fsp3) is 0.667. The lowest BCUT2D eigenvalue weighted by molar-refractivity contribution is -0.132. The number of nitrogens with zero attached hydrogens (tertiary/aromatic N) is 2. The van der Waals surface area contributed by atoms with E-state index in [1.54, 1.807) is 18.7 Å². The summed E-state index contributed by atoms with van der Waals surface area (Å²) in [6, 6.07) is -0.0623. The number of nitrogens with one attached hydrogen (secondary N) is 1. The van der Waals surface area contributed by atoms with Crippen LogP contribution in [0.5, 0.6) is 0 Å². The summed E-state index contributed by atoms with van der Waals surface area (Å²) in [6.45, 7) is 5.10. The van der Waals surface area contributed by atoms with Crippen molar-refractivity contribution in [3.8, 4) is 0 Å². The van der Waals surface area contributed by atoms with E-state index in [1.165, 1.54) is 0 Å². The van der Waals surface area contributed by atoms with Crippen LogP contribution in [0.15, 0.2) is 4.52 Å². The van der Waals surface area contributed by atoms with E-state index in [0.29, 0.717) is 38.2 Å². The van der Waals surface area contributed by atoms with Crippen molar-refractivity contribution in [1.82, 2.24) is 15.4 Å². The molecule has 0 aliphatic carbocycles. The van der Waals surface area contributed by atoms with Gasteiger partial charge in [-0.25, -0.2) is 4.79 Å². The van der Waals surface area contributed by atoms with E-state index >= 15 is 0 Å². The Morgan fingerprint density at radius 3 is 2.96 bits per heavy atom. The molecule has 0 radical (unpaired) electrons. The molecule has 1 atom stereocenters. The second-order valence-electron chi connectivity index (χ2n) is 5.56. The lowest BCUT2D eigenvalue weighted by atomic mass is 10.0. The van der Waals surface area contributed by atoms with Gasteiger partial charge in [-0.2, -0.15) is 0 Å². The Morgan fingerprint density at radius 1 is 1.52 bits per heavy atom. The summed E-state index contributed by atoms with van der Waals surface area (Å²) in [4.78, 5) is 25.6. The van der Waals surface area contributed by atoms with Crippen molar-refractivity contribution in [3.63, 3.8) is 0 Å². The zero-order valence-electron chi connectivity index (χ0n) is 13.4. The minimum Gasteiger partial charge on any atom is -0.450 e. The molecule has 2 heterocycles.